The Morgan fingerprint density at radius 2 is 2.00 bits per heavy atom. The predicted molar refractivity (Wildman–Crippen MR) is 61.4 cm³/mol. The van der Waals surface area contributed by atoms with Crippen LogP contribution in [-0.2, 0) is 9.53 Å². The molecule has 0 bridgehead atoms. The monoisotopic (exact) mass is 247 g/mol. The predicted octanol–water partition coefficient (Wildman–Crippen LogP) is 1.63. The van der Waals surface area contributed by atoms with Gasteiger partial charge in [-0.25, -0.2) is 9.59 Å². The highest BCUT2D eigenvalue weighted by atomic mass is 32.2. The molecule has 0 aromatic heterocycles. The van der Waals surface area contributed by atoms with E-state index in [0.717, 1.165) is 0 Å². The molecule has 92 valence electrons. The number of ether oxygens (including phenoxy) is 1. The quantitative estimate of drug-likeness (QED) is 0.762. The summed E-state index contributed by atoms with van der Waals surface area (Å²) in [4.78, 5) is 24.0. The van der Waals surface area contributed by atoms with Gasteiger partial charge in [0.25, 0.3) is 0 Å². The Labute approximate surface area is 99.1 Å². The van der Waals surface area contributed by atoms with Gasteiger partial charge in [-0.05, 0) is 5.41 Å². The summed E-state index contributed by atoms with van der Waals surface area (Å²) in [6, 6.07) is -0.790. The van der Waals surface area contributed by atoms with E-state index in [2.05, 4.69) is 4.74 Å². The smallest absolute Gasteiger partial charge is 0.411 e. The maximum absolute atomic E-state index is 11.6. The topological polar surface area (TPSA) is 66.8 Å². The van der Waals surface area contributed by atoms with Gasteiger partial charge < -0.3 is 9.84 Å². The van der Waals surface area contributed by atoms with Crippen LogP contribution in [0.1, 0.15) is 20.8 Å². The minimum absolute atomic E-state index is 0.166. The fourth-order valence-corrected chi connectivity index (χ4v) is 3.25. The van der Waals surface area contributed by atoms with Crippen molar-refractivity contribution in [1.29, 1.82) is 0 Å². The molecule has 6 heteroatoms. The van der Waals surface area contributed by atoms with Crippen LogP contribution >= 0.6 is 11.8 Å². The molecular formula is C10H17NO4S. The molecule has 1 amide bonds. The Kier molecular flexibility index (Phi) is 3.72. The number of carboxylic acid groups (broad SMARTS) is 1. The van der Waals surface area contributed by atoms with E-state index in [0.29, 0.717) is 5.75 Å². The number of aliphatic carboxylic acids is 1. The molecule has 1 rings (SSSR count). The van der Waals surface area contributed by atoms with Crippen molar-refractivity contribution in [3.05, 3.63) is 0 Å². The molecular weight excluding hydrogens is 230 g/mol. The lowest BCUT2D eigenvalue weighted by atomic mass is 9.95. The number of rotatable bonds is 1. The van der Waals surface area contributed by atoms with Crippen LogP contribution < -0.4 is 0 Å². The van der Waals surface area contributed by atoms with Crippen LogP contribution in [0.15, 0.2) is 0 Å². The fraction of sp³-hybridized carbons (Fsp3) is 0.800. The van der Waals surface area contributed by atoms with Gasteiger partial charge in [0.05, 0.1) is 12.5 Å². The average molecular weight is 247 g/mol. The average Bonchev–Trinajstić information content (AvgIpc) is 2.59. The summed E-state index contributed by atoms with van der Waals surface area (Å²) in [6.45, 7) is 5.93. The number of carbonyl (C=O) groups is 2. The van der Waals surface area contributed by atoms with Crippen LogP contribution in [0.5, 0.6) is 0 Å². The van der Waals surface area contributed by atoms with Crippen molar-refractivity contribution in [2.45, 2.75) is 32.2 Å². The summed E-state index contributed by atoms with van der Waals surface area (Å²) < 4.78 is 4.65. The lowest BCUT2D eigenvalue weighted by Crippen LogP contribution is -2.49. The summed E-state index contributed by atoms with van der Waals surface area (Å²) in [5.74, 6) is -0.573. The van der Waals surface area contributed by atoms with Crippen LogP contribution in [-0.4, -0.2) is 46.3 Å². The molecule has 5 nitrogen and oxygen atoms in total. The molecule has 1 saturated heterocycles. The normalized spacial score (nSPS) is 25.6. The molecule has 0 aromatic carbocycles. The molecule has 2 unspecified atom stereocenters. The number of hydrogen-bond donors (Lipinski definition) is 1. The fourth-order valence-electron chi connectivity index (χ4n) is 1.69. The number of methoxy groups -OCH3 is 1. The molecule has 1 N–H and O–H groups in total. The zero-order valence-electron chi connectivity index (χ0n) is 9.89. The molecule has 0 saturated carbocycles. The maximum atomic E-state index is 11.6. The van der Waals surface area contributed by atoms with E-state index >= 15 is 0 Å². The number of carbonyl (C=O) groups excluding carboxylic acids is 1. The summed E-state index contributed by atoms with van der Waals surface area (Å²) in [5.41, 5.74) is -0.178. The van der Waals surface area contributed by atoms with Crippen molar-refractivity contribution >= 4 is 23.8 Å². The van der Waals surface area contributed by atoms with E-state index in [1.807, 2.05) is 20.8 Å². The van der Waals surface area contributed by atoms with Gasteiger partial charge in [0, 0.05) is 5.75 Å². The van der Waals surface area contributed by atoms with Crippen molar-refractivity contribution in [2.75, 3.05) is 12.9 Å². The summed E-state index contributed by atoms with van der Waals surface area (Å²) in [7, 11) is 1.27. The van der Waals surface area contributed by atoms with Gasteiger partial charge in [-0.3, -0.25) is 4.90 Å². The Morgan fingerprint density at radius 1 is 1.44 bits per heavy atom. The van der Waals surface area contributed by atoms with Crippen LogP contribution in [0.2, 0.25) is 0 Å². The van der Waals surface area contributed by atoms with Crippen molar-refractivity contribution in [3.63, 3.8) is 0 Å². The van der Waals surface area contributed by atoms with E-state index in [-0.39, 0.29) is 10.8 Å². The van der Waals surface area contributed by atoms with Crippen molar-refractivity contribution in [1.82, 2.24) is 4.90 Å². The standard InChI is InChI=1S/C10H17NO4S/c1-10(2,3)8-11(9(14)15-4)6(5-16-8)7(12)13/h6,8H,5H2,1-4H3,(H,12,13). The number of nitrogens with zero attached hydrogens (tertiary/aromatic N) is 1. The van der Waals surface area contributed by atoms with Crippen molar-refractivity contribution in [2.24, 2.45) is 5.41 Å². The highest BCUT2D eigenvalue weighted by Crippen LogP contribution is 2.40. The van der Waals surface area contributed by atoms with Gasteiger partial charge in [-0.15, -0.1) is 11.8 Å². The van der Waals surface area contributed by atoms with E-state index in [9.17, 15) is 9.59 Å². The third-order valence-electron chi connectivity index (χ3n) is 2.41. The molecule has 16 heavy (non-hydrogen) atoms. The molecule has 0 radical (unpaired) electrons. The van der Waals surface area contributed by atoms with Crippen LogP contribution in [0.3, 0.4) is 0 Å². The number of carboxylic acids is 1. The summed E-state index contributed by atoms with van der Waals surface area (Å²) in [6.07, 6.45) is -0.572. The van der Waals surface area contributed by atoms with E-state index < -0.39 is 18.1 Å². The second-order valence-electron chi connectivity index (χ2n) is 4.78. The van der Waals surface area contributed by atoms with Gasteiger partial charge in [0.1, 0.15) is 6.04 Å². The highest BCUT2D eigenvalue weighted by Gasteiger charge is 2.47. The first-order valence-electron chi connectivity index (χ1n) is 4.99. The zero-order valence-corrected chi connectivity index (χ0v) is 10.7. The molecule has 1 aliphatic rings. The SMILES string of the molecule is COC(=O)N1C(C(=O)O)CSC1C(C)(C)C. The first kappa shape index (κ1) is 13.2. The third-order valence-corrected chi connectivity index (χ3v) is 4.17. The first-order chi connectivity index (χ1) is 7.29. The van der Waals surface area contributed by atoms with E-state index in [1.165, 1.54) is 23.8 Å². The Balaban J connectivity index is 2.97. The summed E-state index contributed by atoms with van der Waals surface area (Å²) in [5, 5.41) is 8.88. The zero-order chi connectivity index (χ0) is 12.5. The maximum Gasteiger partial charge on any atom is 0.411 e. The first-order valence-corrected chi connectivity index (χ1v) is 6.04. The van der Waals surface area contributed by atoms with Gasteiger partial charge in [-0.1, -0.05) is 20.8 Å². The van der Waals surface area contributed by atoms with E-state index in [1.54, 1.807) is 0 Å². The molecule has 2 atom stereocenters. The number of hydrogen-bond acceptors (Lipinski definition) is 4. The second kappa shape index (κ2) is 4.53. The lowest BCUT2D eigenvalue weighted by molar-refractivity contribution is -0.142. The second-order valence-corrected chi connectivity index (χ2v) is 5.90. The molecule has 0 aromatic rings. The Bertz CT molecular complexity index is 300. The van der Waals surface area contributed by atoms with Crippen LogP contribution in [0, 0.1) is 5.41 Å². The van der Waals surface area contributed by atoms with Crippen LogP contribution in [0.25, 0.3) is 0 Å². The minimum Gasteiger partial charge on any atom is -0.480 e. The molecule has 1 fully saturated rings. The lowest BCUT2D eigenvalue weighted by Gasteiger charge is -2.34. The van der Waals surface area contributed by atoms with Crippen molar-refractivity contribution in [3.8, 4) is 0 Å². The van der Waals surface area contributed by atoms with Crippen LogP contribution in [0.4, 0.5) is 4.79 Å². The molecule has 0 aliphatic carbocycles. The molecule has 1 heterocycles. The van der Waals surface area contributed by atoms with Crippen molar-refractivity contribution < 1.29 is 19.4 Å². The Hall–Kier alpha value is -0.910. The number of thioether (sulfide) groups is 1. The molecule has 0 spiro atoms. The molecule has 1 aliphatic heterocycles. The van der Waals surface area contributed by atoms with Gasteiger partial charge in [0.2, 0.25) is 0 Å². The largest absolute Gasteiger partial charge is 0.480 e. The summed E-state index contributed by atoms with van der Waals surface area (Å²) >= 11 is 1.48. The van der Waals surface area contributed by atoms with Gasteiger partial charge in [0.15, 0.2) is 0 Å². The van der Waals surface area contributed by atoms with Gasteiger partial charge >= 0.3 is 12.1 Å². The van der Waals surface area contributed by atoms with E-state index in [4.69, 9.17) is 5.11 Å². The van der Waals surface area contributed by atoms with Gasteiger partial charge in [-0.2, -0.15) is 0 Å². The number of amides is 1. The Morgan fingerprint density at radius 3 is 2.38 bits per heavy atom. The highest BCUT2D eigenvalue weighted by molar-refractivity contribution is 8.00. The minimum atomic E-state index is -0.982. The third kappa shape index (κ3) is 2.42.